The molecule has 8 heteroatoms. The Labute approximate surface area is 264 Å². The van der Waals surface area contributed by atoms with Crippen molar-refractivity contribution in [3.63, 3.8) is 0 Å². The molecule has 8 nitrogen and oxygen atoms in total. The first-order valence-corrected chi connectivity index (χ1v) is 16.7. The van der Waals surface area contributed by atoms with E-state index in [-0.39, 0.29) is 45.2 Å². The molecule has 2 saturated heterocycles. The summed E-state index contributed by atoms with van der Waals surface area (Å²) < 4.78 is 0. The SMILES string of the molecule is CC(C)(C)CC(C)(C)Nc1n[c]nc(N2C(C)(C)CC(N=CCCCCCN3C(C)(C)CC([N])CC3(C)C)CC2(C)C)n1. The van der Waals surface area contributed by atoms with E-state index < -0.39 is 0 Å². The van der Waals surface area contributed by atoms with Crippen molar-refractivity contribution in [1.82, 2.24) is 25.6 Å². The Morgan fingerprint density at radius 3 is 2.00 bits per heavy atom. The number of piperidine rings is 2. The number of hydrogen-bond donors (Lipinski definition) is 1. The normalized spacial score (nSPS) is 23.2. The number of aromatic nitrogens is 3. The van der Waals surface area contributed by atoms with E-state index in [0.29, 0.717) is 11.9 Å². The molecule has 0 spiro atoms. The Morgan fingerprint density at radius 2 is 1.44 bits per heavy atom. The smallest absolute Gasteiger partial charge is 0.231 e. The first kappa shape index (κ1) is 35.7. The van der Waals surface area contributed by atoms with E-state index in [2.05, 4.69) is 128 Å². The molecule has 2 fully saturated rings. The summed E-state index contributed by atoms with van der Waals surface area (Å²) in [5.41, 5.74) is 10.1. The van der Waals surface area contributed by atoms with E-state index in [1.807, 2.05) is 0 Å². The first-order valence-electron chi connectivity index (χ1n) is 16.7. The predicted molar refractivity (Wildman–Crippen MR) is 181 cm³/mol. The van der Waals surface area contributed by atoms with Crippen LogP contribution in [-0.4, -0.2) is 72.4 Å². The number of aliphatic imine (C=N–C) groups is 1. The number of nitrogens with one attached hydrogen (secondary N) is 1. The number of rotatable bonds is 11. The second-order valence-corrected chi connectivity index (χ2v) is 17.8. The summed E-state index contributed by atoms with van der Waals surface area (Å²) in [6.07, 6.45) is 14.2. The van der Waals surface area contributed by atoms with Gasteiger partial charge in [0.2, 0.25) is 18.2 Å². The minimum atomic E-state index is -0.194. The van der Waals surface area contributed by atoms with Crippen molar-refractivity contribution in [2.24, 2.45) is 10.4 Å². The van der Waals surface area contributed by atoms with Gasteiger partial charge in [0, 0.05) is 33.7 Å². The number of unbranched alkanes of at least 4 members (excludes halogenated alkanes) is 3. The minimum Gasteiger partial charge on any atom is -0.349 e. The van der Waals surface area contributed by atoms with Crippen molar-refractivity contribution in [1.29, 1.82) is 0 Å². The van der Waals surface area contributed by atoms with Crippen LogP contribution in [0.4, 0.5) is 11.9 Å². The summed E-state index contributed by atoms with van der Waals surface area (Å²) in [6.45, 7) is 30.5. The summed E-state index contributed by atoms with van der Waals surface area (Å²) in [7, 11) is 0. The molecule has 243 valence electrons. The number of anilines is 2. The van der Waals surface area contributed by atoms with Gasteiger partial charge >= 0.3 is 0 Å². The quantitative estimate of drug-likeness (QED) is 0.210. The van der Waals surface area contributed by atoms with Crippen molar-refractivity contribution in [2.75, 3.05) is 16.8 Å². The van der Waals surface area contributed by atoms with Gasteiger partial charge in [0.1, 0.15) is 0 Å². The molecule has 1 aromatic rings. The fraction of sp³-hybridized carbons (Fsp3) is 0.886. The average Bonchev–Trinajstić information content (AvgIpc) is 2.75. The van der Waals surface area contributed by atoms with Crippen molar-refractivity contribution in [2.45, 2.75) is 188 Å². The molecule has 0 bridgehead atoms. The molecule has 0 unspecified atom stereocenters. The van der Waals surface area contributed by atoms with Crippen LogP contribution >= 0.6 is 0 Å². The van der Waals surface area contributed by atoms with Crippen LogP contribution in [0.5, 0.6) is 0 Å². The standard InChI is InChI=1S/C35H63N8/c1-30(2,3)24-31(4,5)41-28-38-25-39-29(40-28)43-34(10,11)22-27(23-35(43,12)13)37-18-16-14-15-17-19-42-32(6,7)20-26(36)21-33(42,8)9/h18,26-27H,14-17,19-24H2,1-13H3,(H,38,39,40,41). The van der Waals surface area contributed by atoms with Crippen molar-refractivity contribution >= 4 is 18.1 Å². The third-order valence-electron chi connectivity index (χ3n) is 9.28. The zero-order valence-corrected chi connectivity index (χ0v) is 29.9. The van der Waals surface area contributed by atoms with Gasteiger partial charge in [-0.2, -0.15) is 15.0 Å². The van der Waals surface area contributed by atoms with Crippen molar-refractivity contribution in [3.05, 3.63) is 6.33 Å². The van der Waals surface area contributed by atoms with E-state index in [1.165, 1.54) is 12.8 Å². The second kappa shape index (κ2) is 12.9. The molecule has 1 N–H and O–H groups in total. The van der Waals surface area contributed by atoms with E-state index in [4.69, 9.17) is 9.98 Å². The Balaban J connectivity index is 1.55. The van der Waals surface area contributed by atoms with Gasteiger partial charge in [-0.1, -0.05) is 27.2 Å². The molecule has 2 aliphatic heterocycles. The Morgan fingerprint density at radius 1 is 0.860 bits per heavy atom. The van der Waals surface area contributed by atoms with E-state index >= 15 is 0 Å². The molecule has 1 aromatic heterocycles. The number of likely N-dealkylation sites (tertiary alicyclic amines) is 1. The number of nitrogens with zero attached hydrogens (tertiary/aromatic N) is 7. The van der Waals surface area contributed by atoms with Crippen LogP contribution in [0.2, 0.25) is 0 Å². The molecule has 3 rings (SSSR count). The lowest BCUT2D eigenvalue weighted by Gasteiger charge is -2.54. The van der Waals surface area contributed by atoms with E-state index in [1.54, 1.807) is 0 Å². The fourth-order valence-corrected chi connectivity index (χ4v) is 8.74. The van der Waals surface area contributed by atoms with Gasteiger partial charge in [0.05, 0.1) is 6.04 Å². The molecule has 0 atom stereocenters. The zero-order valence-electron chi connectivity index (χ0n) is 29.9. The van der Waals surface area contributed by atoms with Crippen LogP contribution in [-0.2, 0) is 0 Å². The topological polar surface area (TPSA) is 91.8 Å². The average molecular weight is 596 g/mol. The molecule has 3 radical (unpaired) electrons. The second-order valence-electron chi connectivity index (χ2n) is 17.8. The Hall–Kier alpha value is -1.80. The summed E-state index contributed by atoms with van der Waals surface area (Å²) in [4.78, 5) is 23.8. The lowest BCUT2D eigenvalue weighted by Crippen LogP contribution is -2.62. The summed E-state index contributed by atoms with van der Waals surface area (Å²) in [6, 6.07) is 0.0804. The lowest BCUT2D eigenvalue weighted by molar-refractivity contribution is -0.0366. The lowest BCUT2D eigenvalue weighted by atomic mass is 9.77. The highest BCUT2D eigenvalue weighted by atomic mass is 15.4. The molecular formula is C35H63N8. The van der Waals surface area contributed by atoms with Crippen LogP contribution in [0.15, 0.2) is 4.99 Å². The van der Waals surface area contributed by atoms with E-state index in [0.717, 1.165) is 51.5 Å². The van der Waals surface area contributed by atoms with Gasteiger partial charge in [-0.15, -0.1) is 5.73 Å². The van der Waals surface area contributed by atoms with Crippen molar-refractivity contribution < 1.29 is 0 Å². The molecule has 3 heterocycles. The van der Waals surface area contributed by atoms with Gasteiger partial charge in [0.25, 0.3) is 0 Å². The van der Waals surface area contributed by atoms with Crippen molar-refractivity contribution in [3.8, 4) is 0 Å². The molecule has 2 aliphatic rings. The fourth-order valence-electron chi connectivity index (χ4n) is 8.74. The maximum atomic E-state index is 10.3. The summed E-state index contributed by atoms with van der Waals surface area (Å²) in [5.74, 6) is 1.26. The molecule has 0 amide bonds. The zero-order chi connectivity index (χ0) is 32.5. The maximum Gasteiger partial charge on any atom is 0.231 e. The van der Waals surface area contributed by atoms with Crippen LogP contribution in [0.3, 0.4) is 0 Å². The van der Waals surface area contributed by atoms with E-state index in [9.17, 15) is 5.73 Å². The van der Waals surface area contributed by atoms with Gasteiger partial charge < -0.3 is 10.2 Å². The highest BCUT2D eigenvalue weighted by Crippen LogP contribution is 2.42. The van der Waals surface area contributed by atoms with Gasteiger partial charge in [-0.05, 0) is 139 Å². The van der Waals surface area contributed by atoms with Crippen LogP contribution < -0.4 is 16.0 Å². The highest BCUT2D eigenvalue weighted by Gasteiger charge is 2.47. The summed E-state index contributed by atoms with van der Waals surface area (Å²) >= 11 is 0. The molecule has 0 saturated carbocycles. The molecular weight excluding hydrogens is 532 g/mol. The highest BCUT2D eigenvalue weighted by molar-refractivity contribution is 5.57. The molecule has 0 aromatic carbocycles. The Kier molecular flexibility index (Phi) is 10.7. The van der Waals surface area contributed by atoms with Gasteiger partial charge in [0.15, 0.2) is 0 Å². The van der Waals surface area contributed by atoms with Gasteiger partial charge in [-0.25, -0.2) is 0 Å². The third-order valence-corrected chi connectivity index (χ3v) is 9.28. The monoisotopic (exact) mass is 596 g/mol. The summed E-state index contributed by atoms with van der Waals surface area (Å²) in [5, 5.41) is 3.54. The largest absolute Gasteiger partial charge is 0.349 e. The minimum absolute atomic E-state index is 0.0390. The molecule has 0 aliphatic carbocycles. The van der Waals surface area contributed by atoms with Gasteiger partial charge in [-0.3, -0.25) is 9.89 Å². The van der Waals surface area contributed by atoms with Crippen LogP contribution in [0.25, 0.3) is 0 Å². The molecule has 43 heavy (non-hydrogen) atoms. The maximum absolute atomic E-state index is 10.3. The van der Waals surface area contributed by atoms with Crippen LogP contribution in [0, 0.1) is 11.7 Å². The third kappa shape index (κ3) is 9.84. The Bertz CT molecular complexity index is 1050. The number of hydrogen-bond acceptors (Lipinski definition) is 7. The van der Waals surface area contributed by atoms with Crippen LogP contribution in [0.1, 0.15) is 148 Å². The first-order chi connectivity index (χ1) is 19.5. The predicted octanol–water partition coefficient (Wildman–Crippen LogP) is 7.55.